The van der Waals surface area contributed by atoms with Crippen LogP contribution in [0.4, 0.5) is 5.69 Å². The van der Waals surface area contributed by atoms with Crippen molar-refractivity contribution in [3.63, 3.8) is 0 Å². The molecule has 0 heterocycles. The van der Waals surface area contributed by atoms with E-state index in [0.717, 1.165) is 12.8 Å². The number of methoxy groups -OCH3 is 2. The summed E-state index contributed by atoms with van der Waals surface area (Å²) < 4.78 is 10.3. The number of benzene rings is 1. The van der Waals surface area contributed by atoms with E-state index in [2.05, 4.69) is 11.2 Å². The highest BCUT2D eigenvalue weighted by Gasteiger charge is 2.17. The van der Waals surface area contributed by atoms with Crippen LogP contribution < -0.4 is 20.5 Å². The van der Waals surface area contributed by atoms with E-state index in [1.807, 2.05) is 6.92 Å². The summed E-state index contributed by atoms with van der Waals surface area (Å²) in [5.74, 6) is 3.15. The lowest BCUT2D eigenvalue weighted by atomic mass is 10.1. The molecule has 3 N–H and O–H groups in total. The maximum atomic E-state index is 12.2. The van der Waals surface area contributed by atoms with Crippen LogP contribution in [0.15, 0.2) is 12.1 Å². The van der Waals surface area contributed by atoms with Gasteiger partial charge in [-0.1, -0.05) is 19.3 Å². The highest BCUT2D eigenvalue weighted by molar-refractivity contribution is 6.00. The van der Waals surface area contributed by atoms with Crippen LogP contribution in [0.5, 0.6) is 11.5 Å². The topological polar surface area (TPSA) is 73.6 Å². The summed E-state index contributed by atoms with van der Waals surface area (Å²) in [5, 5.41) is 2.76. The Morgan fingerprint density at radius 2 is 2.00 bits per heavy atom. The lowest BCUT2D eigenvalue weighted by molar-refractivity contribution is 0.0945. The number of carbonyl (C=O) groups excluding carboxylic acids is 1. The first kappa shape index (κ1) is 15.7. The number of nitrogen functional groups attached to an aromatic ring is 1. The van der Waals surface area contributed by atoms with Gasteiger partial charge in [-0.2, -0.15) is 0 Å². The zero-order valence-corrected chi connectivity index (χ0v) is 12.0. The SMILES string of the molecule is C#CC(CCC)NC(=O)c1cc(OC)c(OC)cc1N. The average molecular weight is 276 g/mol. The Kier molecular flexibility index (Phi) is 5.73. The second-order valence-electron chi connectivity index (χ2n) is 4.28. The lowest BCUT2D eigenvalue weighted by Crippen LogP contribution is -2.34. The average Bonchev–Trinajstić information content (AvgIpc) is 2.46. The summed E-state index contributed by atoms with van der Waals surface area (Å²) in [4.78, 5) is 12.2. The minimum Gasteiger partial charge on any atom is -0.493 e. The van der Waals surface area contributed by atoms with Crippen LogP contribution in [-0.4, -0.2) is 26.2 Å². The molecule has 1 amide bonds. The van der Waals surface area contributed by atoms with Crippen LogP contribution >= 0.6 is 0 Å². The van der Waals surface area contributed by atoms with E-state index in [0.29, 0.717) is 22.7 Å². The first-order chi connectivity index (χ1) is 9.57. The van der Waals surface area contributed by atoms with Gasteiger partial charge in [-0.3, -0.25) is 4.79 Å². The molecule has 1 unspecified atom stereocenters. The molecule has 0 spiro atoms. The molecule has 0 saturated heterocycles. The molecule has 0 aliphatic rings. The highest BCUT2D eigenvalue weighted by Crippen LogP contribution is 2.31. The van der Waals surface area contributed by atoms with Crippen molar-refractivity contribution in [1.29, 1.82) is 0 Å². The molecule has 20 heavy (non-hydrogen) atoms. The number of nitrogens with one attached hydrogen (secondary N) is 1. The molecule has 5 nitrogen and oxygen atoms in total. The molecule has 1 rings (SSSR count). The molecule has 1 atom stereocenters. The summed E-state index contributed by atoms with van der Waals surface area (Å²) in [6, 6.07) is 2.79. The fourth-order valence-electron chi connectivity index (χ4n) is 1.81. The number of nitrogens with two attached hydrogens (primary N) is 1. The Morgan fingerprint density at radius 3 is 2.50 bits per heavy atom. The first-order valence-corrected chi connectivity index (χ1v) is 6.35. The van der Waals surface area contributed by atoms with Gasteiger partial charge in [-0.25, -0.2) is 0 Å². The van der Waals surface area contributed by atoms with Gasteiger partial charge in [0.05, 0.1) is 25.8 Å². The molecule has 5 heteroatoms. The zero-order valence-electron chi connectivity index (χ0n) is 12.0. The Labute approximate surface area is 119 Å². The standard InChI is InChI=1S/C15H20N2O3/c1-5-7-10(6-2)17-15(18)11-8-13(19-3)14(20-4)9-12(11)16/h2,8-10H,5,7,16H2,1,3-4H3,(H,17,18). The second-order valence-corrected chi connectivity index (χ2v) is 4.28. The Hall–Kier alpha value is -2.35. The highest BCUT2D eigenvalue weighted by atomic mass is 16.5. The molecule has 0 saturated carbocycles. The van der Waals surface area contributed by atoms with Gasteiger partial charge in [-0.05, 0) is 12.5 Å². The molecular weight excluding hydrogens is 256 g/mol. The van der Waals surface area contributed by atoms with E-state index in [1.54, 1.807) is 12.1 Å². The summed E-state index contributed by atoms with van der Waals surface area (Å²) >= 11 is 0. The fourth-order valence-corrected chi connectivity index (χ4v) is 1.81. The predicted octanol–water partition coefficient (Wildman–Crippen LogP) is 1.82. The Bertz CT molecular complexity index is 521. The molecule has 0 bridgehead atoms. The number of hydrogen-bond donors (Lipinski definition) is 2. The molecule has 108 valence electrons. The number of hydrogen-bond acceptors (Lipinski definition) is 4. The normalized spacial score (nSPS) is 11.3. The van der Waals surface area contributed by atoms with E-state index >= 15 is 0 Å². The van der Waals surface area contributed by atoms with Crippen molar-refractivity contribution < 1.29 is 14.3 Å². The third-order valence-electron chi connectivity index (χ3n) is 2.88. The van der Waals surface area contributed by atoms with E-state index < -0.39 is 0 Å². The Balaban J connectivity index is 3.01. The number of anilines is 1. The summed E-state index contributed by atoms with van der Waals surface area (Å²) in [5.41, 5.74) is 6.50. The monoisotopic (exact) mass is 276 g/mol. The molecule has 0 aliphatic heterocycles. The maximum absolute atomic E-state index is 12.2. The van der Waals surface area contributed by atoms with Gasteiger partial charge in [0.1, 0.15) is 0 Å². The largest absolute Gasteiger partial charge is 0.493 e. The maximum Gasteiger partial charge on any atom is 0.254 e. The van der Waals surface area contributed by atoms with E-state index in [9.17, 15) is 4.79 Å². The van der Waals surface area contributed by atoms with Gasteiger partial charge in [0, 0.05) is 11.8 Å². The van der Waals surface area contributed by atoms with Crippen molar-refractivity contribution in [1.82, 2.24) is 5.32 Å². The predicted molar refractivity (Wildman–Crippen MR) is 79.0 cm³/mol. The van der Waals surface area contributed by atoms with Gasteiger partial charge < -0.3 is 20.5 Å². The lowest BCUT2D eigenvalue weighted by Gasteiger charge is -2.15. The second kappa shape index (κ2) is 7.29. The van der Waals surface area contributed by atoms with Crippen molar-refractivity contribution in [3.8, 4) is 23.8 Å². The van der Waals surface area contributed by atoms with E-state index in [-0.39, 0.29) is 11.9 Å². The molecule has 1 aromatic carbocycles. The quantitative estimate of drug-likeness (QED) is 0.614. The van der Waals surface area contributed by atoms with Gasteiger partial charge in [-0.15, -0.1) is 6.42 Å². The van der Waals surface area contributed by atoms with Crippen LogP contribution in [0.2, 0.25) is 0 Å². The fraction of sp³-hybridized carbons (Fsp3) is 0.400. The van der Waals surface area contributed by atoms with Crippen LogP contribution in [-0.2, 0) is 0 Å². The van der Waals surface area contributed by atoms with Crippen molar-refractivity contribution in [2.24, 2.45) is 0 Å². The molecule has 0 aromatic heterocycles. The van der Waals surface area contributed by atoms with Gasteiger partial charge in [0.15, 0.2) is 11.5 Å². The number of amides is 1. The third-order valence-corrected chi connectivity index (χ3v) is 2.88. The molecule has 0 fully saturated rings. The minimum atomic E-state index is -0.320. The minimum absolute atomic E-state index is 0.306. The van der Waals surface area contributed by atoms with Gasteiger partial charge in [0.25, 0.3) is 5.91 Å². The zero-order chi connectivity index (χ0) is 15.1. The smallest absolute Gasteiger partial charge is 0.254 e. The number of terminal acetylenes is 1. The van der Waals surface area contributed by atoms with Crippen LogP contribution in [0, 0.1) is 12.3 Å². The molecule has 0 radical (unpaired) electrons. The van der Waals surface area contributed by atoms with Crippen LogP contribution in [0.25, 0.3) is 0 Å². The third kappa shape index (κ3) is 3.58. The van der Waals surface area contributed by atoms with Crippen molar-refractivity contribution in [2.45, 2.75) is 25.8 Å². The summed E-state index contributed by atoms with van der Waals surface area (Å²) in [7, 11) is 3.00. The van der Waals surface area contributed by atoms with Crippen molar-refractivity contribution >= 4 is 11.6 Å². The van der Waals surface area contributed by atoms with Gasteiger partial charge >= 0.3 is 0 Å². The molecule has 0 aliphatic carbocycles. The van der Waals surface area contributed by atoms with Crippen molar-refractivity contribution in [2.75, 3.05) is 20.0 Å². The van der Waals surface area contributed by atoms with E-state index in [1.165, 1.54) is 14.2 Å². The summed E-state index contributed by atoms with van der Waals surface area (Å²) in [6.45, 7) is 2.00. The van der Waals surface area contributed by atoms with E-state index in [4.69, 9.17) is 21.6 Å². The number of ether oxygens (including phenoxy) is 2. The van der Waals surface area contributed by atoms with Crippen LogP contribution in [0.1, 0.15) is 30.1 Å². The number of rotatable bonds is 6. The van der Waals surface area contributed by atoms with Crippen molar-refractivity contribution in [3.05, 3.63) is 17.7 Å². The molecular formula is C15H20N2O3. The van der Waals surface area contributed by atoms with Gasteiger partial charge in [0.2, 0.25) is 0 Å². The van der Waals surface area contributed by atoms with Crippen LogP contribution in [0.3, 0.4) is 0 Å². The molecule has 1 aromatic rings. The Morgan fingerprint density at radius 1 is 1.40 bits per heavy atom. The summed E-state index contributed by atoms with van der Waals surface area (Å²) in [6.07, 6.45) is 6.99. The number of carbonyl (C=O) groups is 1. The first-order valence-electron chi connectivity index (χ1n) is 6.35.